The molecule has 0 radical (unpaired) electrons. The fourth-order valence-electron chi connectivity index (χ4n) is 3.16. The zero-order chi connectivity index (χ0) is 19.4. The predicted octanol–water partition coefficient (Wildman–Crippen LogP) is 6.15. The number of rotatable bonds is 2. The second kappa shape index (κ2) is 5.95. The molecule has 0 spiro atoms. The number of oxazole rings is 2. The van der Waals surface area contributed by atoms with Gasteiger partial charge in [0.05, 0.1) is 0 Å². The average Bonchev–Trinajstić information content (AvgIpc) is 3.14. The molecule has 0 aliphatic heterocycles. The van der Waals surface area contributed by atoms with Gasteiger partial charge in [0, 0.05) is 0 Å². The Kier molecular flexibility index (Phi) is 3.91. The zero-order valence-electron chi connectivity index (χ0n) is 16.9. The first-order valence-electron chi connectivity index (χ1n) is 9.39. The van der Waals surface area contributed by atoms with E-state index in [9.17, 15) is 0 Å². The molecule has 2 aromatic heterocycles. The van der Waals surface area contributed by atoms with Crippen LogP contribution in [0.3, 0.4) is 0 Å². The summed E-state index contributed by atoms with van der Waals surface area (Å²) in [5, 5.41) is 0. The quantitative estimate of drug-likeness (QED) is 0.429. The van der Waals surface area contributed by atoms with Gasteiger partial charge in [0.1, 0.15) is 17.5 Å². The van der Waals surface area contributed by atoms with E-state index in [1.807, 2.05) is 12.1 Å². The molecule has 27 heavy (non-hydrogen) atoms. The van der Waals surface area contributed by atoms with Crippen molar-refractivity contribution in [3.8, 4) is 0 Å². The summed E-state index contributed by atoms with van der Waals surface area (Å²) in [6.07, 6.45) is 0.444. The lowest BCUT2D eigenvalue weighted by atomic mass is 9.87. The van der Waals surface area contributed by atoms with Crippen LogP contribution >= 0.6 is 0 Å². The minimum absolute atomic E-state index is 0.0817. The van der Waals surface area contributed by atoms with E-state index in [-0.39, 0.29) is 10.8 Å². The van der Waals surface area contributed by atoms with E-state index in [1.165, 1.54) is 11.1 Å². The van der Waals surface area contributed by atoms with E-state index >= 15 is 0 Å². The molecule has 0 amide bonds. The normalized spacial score (nSPS) is 13.0. The fourth-order valence-corrected chi connectivity index (χ4v) is 3.16. The Morgan fingerprint density at radius 2 is 1.07 bits per heavy atom. The second-order valence-corrected chi connectivity index (χ2v) is 9.26. The van der Waals surface area contributed by atoms with Gasteiger partial charge in [-0.05, 0) is 46.2 Å². The van der Waals surface area contributed by atoms with Crippen molar-refractivity contribution in [2.24, 2.45) is 0 Å². The van der Waals surface area contributed by atoms with Crippen molar-refractivity contribution in [2.75, 3.05) is 0 Å². The zero-order valence-corrected chi connectivity index (χ0v) is 16.9. The molecule has 4 heteroatoms. The highest BCUT2D eigenvalue weighted by Crippen LogP contribution is 2.29. The van der Waals surface area contributed by atoms with Crippen LogP contribution in [0.1, 0.15) is 64.5 Å². The number of hydrogen-bond donors (Lipinski definition) is 0. The van der Waals surface area contributed by atoms with Crippen LogP contribution in [0.15, 0.2) is 45.2 Å². The van der Waals surface area contributed by atoms with Crippen molar-refractivity contribution < 1.29 is 8.83 Å². The van der Waals surface area contributed by atoms with Crippen LogP contribution in [0.25, 0.3) is 22.2 Å². The van der Waals surface area contributed by atoms with Crippen molar-refractivity contribution in [1.29, 1.82) is 0 Å². The van der Waals surface area contributed by atoms with E-state index in [0.717, 1.165) is 22.2 Å². The van der Waals surface area contributed by atoms with Crippen LogP contribution in [-0.2, 0) is 17.3 Å². The summed E-state index contributed by atoms with van der Waals surface area (Å²) in [7, 11) is 0. The standard InChI is InChI=1S/C23H26N2O2/c1-22(2,3)14-7-9-18-16(11-14)24-20(26-18)13-21-25-17-12-15(23(4,5)6)8-10-19(17)27-21/h7-12H,13H2,1-6H3. The van der Waals surface area contributed by atoms with Gasteiger partial charge in [-0.3, -0.25) is 0 Å². The molecule has 140 valence electrons. The number of hydrogen-bond acceptors (Lipinski definition) is 4. The van der Waals surface area contributed by atoms with E-state index in [1.54, 1.807) is 0 Å². The van der Waals surface area contributed by atoms with E-state index in [0.29, 0.717) is 18.2 Å². The largest absolute Gasteiger partial charge is 0.440 e. The number of nitrogens with zero attached hydrogens (tertiary/aromatic N) is 2. The van der Waals surface area contributed by atoms with Gasteiger partial charge in [-0.1, -0.05) is 53.7 Å². The fraction of sp³-hybridized carbons (Fsp3) is 0.391. The SMILES string of the molecule is CC(C)(C)c1ccc2oc(Cc3nc4cc(C(C)(C)C)ccc4o3)nc2c1. The predicted molar refractivity (Wildman–Crippen MR) is 108 cm³/mol. The van der Waals surface area contributed by atoms with Gasteiger partial charge in [-0.2, -0.15) is 0 Å². The molecule has 0 aliphatic carbocycles. The molecule has 0 saturated carbocycles. The number of aromatic nitrogens is 2. The van der Waals surface area contributed by atoms with Crippen LogP contribution in [0.4, 0.5) is 0 Å². The van der Waals surface area contributed by atoms with Gasteiger partial charge in [-0.15, -0.1) is 0 Å². The van der Waals surface area contributed by atoms with Gasteiger partial charge in [0.15, 0.2) is 11.2 Å². The van der Waals surface area contributed by atoms with Crippen molar-refractivity contribution in [1.82, 2.24) is 9.97 Å². The molecule has 0 saturated heterocycles. The highest BCUT2D eigenvalue weighted by molar-refractivity contribution is 5.75. The van der Waals surface area contributed by atoms with Crippen LogP contribution in [0.5, 0.6) is 0 Å². The lowest BCUT2D eigenvalue weighted by Crippen LogP contribution is -2.10. The topological polar surface area (TPSA) is 52.1 Å². The van der Waals surface area contributed by atoms with Gasteiger partial charge in [0.25, 0.3) is 0 Å². The molecule has 0 atom stereocenters. The average molecular weight is 362 g/mol. The Labute approximate surface area is 159 Å². The van der Waals surface area contributed by atoms with Crippen LogP contribution in [-0.4, -0.2) is 9.97 Å². The molecular weight excluding hydrogens is 336 g/mol. The molecule has 0 unspecified atom stereocenters. The summed E-state index contributed by atoms with van der Waals surface area (Å²) in [6.45, 7) is 13.2. The molecule has 0 aliphatic rings. The van der Waals surface area contributed by atoms with Crippen molar-refractivity contribution in [3.05, 3.63) is 59.3 Å². The van der Waals surface area contributed by atoms with Gasteiger partial charge >= 0.3 is 0 Å². The van der Waals surface area contributed by atoms with Crippen molar-refractivity contribution in [3.63, 3.8) is 0 Å². The Balaban J connectivity index is 1.65. The maximum Gasteiger partial charge on any atom is 0.204 e. The highest BCUT2D eigenvalue weighted by Gasteiger charge is 2.18. The maximum absolute atomic E-state index is 5.90. The minimum Gasteiger partial charge on any atom is -0.440 e. The van der Waals surface area contributed by atoms with Gasteiger partial charge < -0.3 is 8.83 Å². The van der Waals surface area contributed by atoms with E-state index in [2.05, 4.69) is 75.8 Å². The summed E-state index contributed by atoms with van der Waals surface area (Å²) < 4.78 is 11.8. The van der Waals surface area contributed by atoms with Gasteiger partial charge in [-0.25, -0.2) is 9.97 Å². The van der Waals surface area contributed by atoms with Crippen LogP contribution < -0.4 is 0 Å². The Morgan fingerprint density at radius 1 is 0.667 bits per heavy atom. The smallest absolute Gasteiger partial charge is 0.204 e. The molecule has 0 N–H and O–H groups in total. The molecule has 4 aromatic rings. The first-order chi connectivity index (χ1) is 12.6. The van der Waals surface area contributed by atoms with Crippen molar-refractivity contribution in [2.45, 2.75) is 58.8 Å². The Bertz CT molecular complexity index is 1030. The lowest BCUT2D eigenvalue weighted by Gasteiger charge is -2.18. The first-order valence-corrected chi connectivity index (χ1v) is 9.39. The molecule has 2 heterocycles. The molecule has 4 rings (SSSR count). The van der Waals surface area contributed by atoms with E-state index < -0.39 is 0 Å². The molecule has 4 nitrogen and oxygen atoms in total. The monoisotopic (exact) mass is 362 g/mol. The highest BCUT2D eigenvalue weighted by atomic mass is 16.4. The van der Waals surface area contributed by atoms with Crippen molar-refractivity contribution >= 4 is 22.2 Å². The molecule has 0 fully saturated rings. The maximum atomic E-state index is 5.90. The summed E-state index contributed by atoms with van der Waals surface area (Å²) in [4.78, 5) is 9.28. The van der Waals surface area contributed by atoms with Crippen LogP contribution in [0.2, 0.25) is 0 Å². The Hall–Kier alpha value is -2.62. The summed E-state index contributed by atoms with van der Waals surface area (Å²) in [6, 6.07) is 12.4. The lowest BCUT2D eigenvalue weighted by molar-refractivity contribution is 0.488. The third-order valence-corrected chi connectivity index (χ3v) is 4.90. The van der Waals surface area contributed by atoms with E-state index in [4.69, 9.17) is 8.83 Å². The summed E-state index contributed by atoms with van der Waals surface area (Å²) in [5.41, 5.74) is 6.00. The Morgan fingerprint density at radius 3 is 1.44 bits per heavy atom. The second-order valence-electron chi connectivity index (χ2n) is 9.26. The van der Waals surface area contributed by atoms with Crippen LogP contribution in [0, 0.1) is 0 Å². The molecule has 0 bridgehead atoms. The number of fused-ring (bicyclic) bond motifs is 2. The first kappa shape index (κ1) is 17.8. The minimum atomic E-state index is 0.0817. The number of benzene rings is 2. The summed E-state index contributed by atoms with van der Waals surface area (Å²) in [5.74, 6) is 1.25. The van der Waals surface area contributed by atoms with Gasteiger partial charge in [0.2, 0.25) is 11.8 Å². The molecule has 2 aromatic carbocycles. The molecular formula is C23H26N2O2. The summed E-state index contributed by atoms with van der Waals surface area (Å²) >= 11 is 0. The third-order valence-electron chi connectivity index (χ3n) is 4.90. The third kappa shape index (κ3) is 3.48.